The molecule has 22 heavy (non-hydrogen) atoms. The molecule has 110 valence electrons. The van der Waals surface area contributed by atoms with E-state index in [0.29, 0.717) is 12.1 Å². The average molecular weight is 292 g/mol. The summed E-state index contributed by atoms with van der Waals surface area (Å²) in [7, 11) is 0. The molecule has 0 spiro atoms. The number of rotatable bonds is 2. The van der Waals surface area contributed by atoms with E-state index in [2.05, 4.69) is 16.4 Å². The summed E-state index contributed by atoms with van der Waals surface area (Å²) in [4.78, 5) is 20.1. The molecule has 2 N–H and O–H groups in total. The lowest BCUT2D eigenvalue weighted by Gasteiger charge is -2.20. The number of fused-ring (bicyclic) bond motifs is 1. The predicted octanol–water partition coefficient (Wildman–Crippen LogP) is 1.37. The van der Waals surface area contributed by atoms with Crippen molar-refractivity contribution in [3.63, 3.8) is 0 Å². The molecule has 4 rings (SSSR count). The first-order valence-corrected chi connectivity index (χ1v) is 7.57. The third kappa shape index (κ3) is 1.96. The van der Waals surface area contributed by atoms with Crippen LogP contribution in [0, 0.1) is 11.3 Å². The van der Waals surface area contributed by atoms with E-state index >= 15 is 0 Å². The number of nitrogens with one attached hydrogen (secondary N) is 2. The van der Waals surface area contributed by atoms with Crippen molar-refractivity contribution in [1.82, 2.24) is 15.3 Å². The van der Waals surface area contributed by atoms with Gasteiger partial charge < -0.3 is 10.3 Å². The molecule has 5 heteroatoms. The van der Waals surface area contributed by atoms with Crippen LogP contribution in [0.4, 0.5) is 0 Å². The van der Waals surface area contributed by atoms with Gasteiger partial charge in [0.25, 0.3) is 5.56 Å². The Kier molecular flexibility index (Phi) is 2.88. The van der Waals surface area contributed by atoms with E-state index in [1.807, 2.05) is 24.3 Å². The lowest BCUT2D eigenvalue weighted by atomic mass is 9.93. The van der Waals surface area contributed by atoms with Gasteiger partial charge in [-0.05, 0) is 30.5 Å². The first-order chi connectivity index (χ1) is 10.7. The van der Waals surface area contributed by atoms with Crippen LogP contribution in [-0.4, -0.2) is 16.5 Å². The number of hydrogen-bond donors (Lipinski definition) is 2. The summed E-state index contributed by atoms with van der Waals surface area (Å²) in [6.07, 6.45) is 2.77. The van der Waals surface area contributed by atoms with Crippen molar-refractivity contribution in [3.8, 4) is 6.07 Å². The molecule has 0 amide bonds. The second-order valence-corrected chi connectivity index (χ2v) is 6.04. The van der Waals surface area contributed by atoms with E-state index in [0.717, 1.165) is 48.5 Å². The Balaban J connectivity index is 1.79. The average Bonchev–Trinajstić information content (AvgIpc) is 3.37. The van der Waals surface area contributed by atoms with E-state index in [-0.39, 0.29) is 11.0 Å². The molecule has 2 aromatic rings. The third-order valence-corrected chi connectivity index (χ3v) is 4.71. The number of hydrogen-bond acceptors (Lipinski definition) is 4. The van der Waals surface area contributed by atoms with Crippen LogP contribution in [0.15, 0.2) is 29.1 Å². The number of nitrogens with zero attached hydrogens (tertiary/aromatic N) is 2. The highest BCUT2D eigenvalue weighted by Gasteiger charge is 2.48. The molecular formula is C17H16N4O. The van der Waals surface area contributed by atoms with Crippen LogP contribution in [0.3, 0.4) is 0 Å². The quantitative estimate of drug-likeness (QED) is 0.876. The highest BCUT2D eigenvalue weighted by atomic mass is 16.1. The van der Waals surface area contributed by atoms with Crippen LogP contribution in [0.1, 0.15) is 41.1 Å². The van der Waals surface area contributed by atoms with E-state index in [4.69, 9.17) is 10.2 Å². The molecule has 1 fully saturated rings. The zero-order valence-electron chi connectivity index (χ0n) is 12.1. The molecule has 1 saturated carbocycles. The van der Waals surface area contributed by atoms with Crippen molar-refractivity contribution in [1.29, 1.82) is 5.26 Å². The zero-order valence-corrected chi connectivity index (χ0v) is 12.1. The molecule has 1 aliphatic carbocycles. The molecule has 0 radical (unpaired) electrons. The molecule has 2 aliphatic rings. The normalized spacial score (nSPS) is 18.3. The molecule has 2 heterocycles. The van der Waals surface area contributed by atoms with Crippen molar-refractivity contribution >= 4 is 0 Å². The molecule has 5 nitrogen and oxygen atoms in total. The standard InChI is InChI=1S/C17H16N4O/c18-9-11-1-3-12(4-2-11)17(6-7-17)16-20-14-5-8-19-10-13(14)15(22)21-16/h1-4,19H,5-8,10H2,(H,20,21,22). The van der Waals surface area contributed by atoms with Gasteiger partial charge in [-0.2, -0.15) is 5.26 Å². The molecule has 0 unspecified atom stereocenters. The highest BCUT2D eigenvalue weighted by Crippen LogP contribution is 2.52. The van der Waals surface area contributed by atoms with Gasteiger partial charge in [0, 0.05) is 19.5 Å². The largest absolute Gasteiger partial charge is 0.312 e. The van der Waals surface area contributed by atoms with Gasteiger partial charge in [-0.25, -0.2) is 4.98 Å². The second kappa shape index (κ2) is 4.79. The summed E-state index contributed by atoms with van der Waals surface area (Å²) in [5.41, 5.74) is 3.28. The Morgan fingerprint density at radius 3 is 2.68 bits per heavy atom. The fourth-order valence-corrected chi connectivity index (χ4v) is 3.23. The van der Waals surface area contributed by atoms with Gasteiger partial charge >= 0.3 is 0 Å². The van der Waals surface area contributed by atoms with Gasteiger partial charge in [0.2, 0.25) is 0 Å². The van der Waals surface area contributed by atoms with E-state index < -0.39 is 0 Å². The van der Waals surface area contributed by atoms with Crippen molar-refractivity contribution in [2.24, 2.45) is 0 Å². The van der Waals surface area contributed by atoms with Crippen molar-refractivity contribution in [2.75, 3.05) is 6.54 Å². The minimum Gasteiger partial charge on any atom is -0.312 e. The van der Waals surface area contributed by atoms with Crippen molar-refractivity contribution in [2.45, 2.75) is 31.2 Å². The molecule has 0 saturated heterocycles. The van der Waals surface area contributed by atoms with Crippen LogP contribution in [0.5, 0.6) is 0 Å². The molecule has 1 aromatic heterocycles. The summed E-state index contributed by atoms with van der Waals surface area (Å²) in [6.45, 7) is 1.47. The van der Waals surface area contributed by atoms with Gasteiger partial charge in [0.15, 0.2) is 0 Å². The lowest BCUT2D eigenvalue weighted by Crippen LogP contribution is -2.33. The Labute approximate surface area is 128 Å². The van der Waals surface area contributed by atoms with Crippen LogP contribution < -0.4 is 10.9 Å². The molecule has 0 bridgehead atoms. The SMILES string of the molecule is N#Cc1ccc(C2(c3nc4c(c(=O)[nH]3)CNCC4)CC2)cc1. The van der Waals surface area contributed by atoms with Gasteiger partial charge in [-0.3, -0.25) is 4.79 Å². The summed E-state index contributed by atoms with van der Waals surface area (Å²) in [6, 6.07) is 9.75. The summed E-state index contributed by atoms with van der Waals surface area (Å²) in [5.74, 6) is 0.780. The minimum atomic E-state index is -0.174. The first kappa shape index (κ1) is 13.2. The number of benzene rings is 1. The minimum absolute atomic E-state index is 0.0212. The molecule has 1 aromatic carbocycles. The number of aromatic nitrogens is 2. The Morgan fingerprint density at radius 1 is 1.23 bits per heavy atom. The van der Waals surface area contributed by atoms with Crippen molar-refractivity contribution in [3.05, 3.63) is 62.8 Å². The fourth-order valence-electron chi connectivity index (χ4n) is 3.23. The summed E-state index contributed by atoms with van der Waals surface area (Å²) >= 11 is 0. The lowest BCUT2D eigenvalue weighted by molar-refractivity contribution is 0.604. The summed E-state index contributed by atoms with van der Waals surface area (Å²) < 4.78 is 0. The van der Waals surface area contributed by atoms with Crippen LogP contribution >= 0.6 is 0 Å². The predicted molar refractivity (Wildman–Crippen MR) is 81.4 cm³/mol. The third-order valence-electron chi connectivity index (χ3n) is 4.71. The zero-order chi connectivity index (χ0) is 15.2. The number of nitriles is 1. The maximum atomic E-state index is 12.3. The van der Waals surface area contributed by atoms with E-state index in [9.17, 15) is 4.79 Å². The maximum Gasteiger partial charge on any atom is 0.255 e. The van der Waals surface area contributed by atoms with Crippen LogP contribution in [-0.2, 0) is 18.4 Å². The second-order valence-electron chi connectivity index (χ2n) is 6.04. The maximum absolute atomic E-state index is 12.3. The summed E-state index contributed by atoms with van der Waals surface area (Å²) in [5, 5.41) is 12.1. The molecule has 0 atom stereocenters. The van der Waals surface area contributed by atoms with E-state index in [1.165, 1.54) is 0 Å². The van der Waals surface area contributed by atoms with Gasteiger partial charge in [0.1, 0.15) is 5.82 Å². The van der Waals surface area contributed by atoms with Crippen LogP contribution in [0.25, 0.3) is 0 Å². The van der Waals surface area contributed by atoms with Gasteiger partial charge in [-0.1, -0.05) is 12.1 Å². The van der Waals surface area contributed by atoms with Gasteiger partial charge in [0.05, 0.1) is 28.3 Å². The monoisotopic (exact) mass is 292 g/mol. The highest BCUT2D eigenvalue weighted by molar-refractivity contribution is 5.43. The number of H-pyrrole nitrogens is 1. The number of aromatic amines is 1. The fraction of sp³-hybridized carbons (Fsp3) is 0.353. The van der Waals surface area contributed by atoms with Crippen molar-refractivity contribution < 1.29 is 0 Å². The smallest absolute Gasteiger partial charge is 0.255 e. The Hall–Kier alpha value is -2.45. The van der Waals surface area contributed by atoms with Crippen LogP contribution in [0.2, 0.25) is 0 Å². The molecular weight excluding hydrogens is 276 g/mol. The molecule has 1 aliphatic heterocycles. The Morgan fingerprint density at radius 2 is 2.00 bits per heavy atom. The van der Waals surface area contributed by atoms with Gasteiger partial charge in [-0.15, -0.1) is 0 Å². The Bertz CT molecular complexity index is 825. The topological polar surface area (TPSA) is 81.6 Å². The first-order valence-electron chi connectivity index (χ1n) is 7.57. The van der Waals surface area contributed by atoms with E-state index in [1.54, 1.807) is 0 Å².